The van der Waals surface area contributed by atoms with E-state index in [1.165, 1.54) is 63.9 Å². The van der Waals surface area contributed by atoms with Crippen molar-refractivity contribution >= 4 is 10.8 Å². The summed E-state index contributed by atoms with van der Waals surface area (Å²) < 4.78 is 69.9. The Morgan fingerprint density at radius 1 is 0.909 bits per heavy atom. The topological polar surface area (TPSA) is 9.23 Å². The van der Waals surface area contributed by atoms with Crippen molar-refractivity contribution in [3.63, 3.8) is 0 Å². The zero-order valence-electron chi connectivity index (χ0n) is 19.2. The smallest absolute Gasteiger partial charge is 0.399 e. The molecular formula is C27H33F5O. The molecule has 182 valence electrons. The molecule has 0 bridgehead atoms. The van der Waals surface area contributed by atoms with E-state index in [0.717, 1.165) is 36.3 Å². The summed E-state index contributed by atoms with van der Waals surface area (Å²) in [6.45, 7) is 2.24. The Kier molecular flexibility index (Phi) is 7.49. The van der Waals surface area contributed by atoms with E-state index < -0.39 is 23.7 Å². The van der Waals surface area contributed by atoms with Crippen LogP contribution in [0.1, 0.15) is 89.0 Å². The third-order valence-corrected chi connectivity index (χ3v) is 7.89. The molecule has 0 radical (unpaired) electrons. The molecule has 2 aromatic rings. The molecule has 0 aromatic heterocycles. The van der Waals surface area contributed by atoms with Crippen LogP contribution in [0, 0.1) is 29.4 Å². The molecule has 0 aliphatic heterocycles. The van der Waals surface area contributed by atoms with E-state index in [-0.39, 0.29) is 10.8 Å². The van der Waals surface area contributed by atoms with Crippen LogP contribution in [0.15, 0.2) is 24.3 Å². The van der Waals surface area contributed by atoms with E-state index in [2.05, 4.69) is 11.7 Å². The summed E-state index contributed by atoms with van der Waals surface area (Å²) in [6, 6.07) is 5.93. The van der Waals surface area contributed by atoms with Crippen LogP contribution in [0.3, 0.4) is 0 Å². The van der Waals surface area contributed by atoms with Gasteiger partial charge < -0.3 is 4.74 Å². The summed E-state index contributed by atoms with van der Waals surface area (Å²) in [5.41, 5.74) is 1.02. The lowest BCUT2D eigenvalue weighted by Crippen LogP contribution is -2.30. The average Bonchev–Trinajstić information content (AvgIpc) is 2.78. The highest BCUT2D eigenvalue weighted by Crippen LogP contribution is 2.49. The third kappa shape index (κ3) is 5.81. The minimum Gasteiger partial charge on any atom is -0.399 e. The first-order valence-electron chi connectivity index (χ1n) is 12.4. The fourth-order valence-corrected chi connectivity index (χ4v) is 6.20. The van der Waals surface area contributed by atoms with E-state index in [4.69, 9.17) is 0 Å². The molecule has 2 fully saturated rings. The van der Waals surface area contributed by atoms with Gasteiger partial charge in [0.25, 0.3) is 0 Å². The molecule has 2 unspecified atom stereocenters. The van der Waals surface area contributed by atoms with Gasteiger partial charge in [-0.05, 0) is 72.8 Å². The van der Waals surface area contributed by atoms with Gasteiger partial charge in [0, 0.05) is 5.39 Å². The van der Waals surface area contributed by atoms with Gasteiger partial charge in [0.05, 0.1) is 0 Å². The van der Waals surface area contributed by atoms with E-state index in [0.29, 0.717) is 11.8 Å². The number of fused-ring (bicyclic) bond motifs is 2. The maximum atomic E-state index is 14.6. The van der Waals surface area contributed by atoms with Crippen molar-refractivity contribution in [1.29, 1.82) is 0 Å². The minimum atomic E-state index is -5.15. The Balaban J connectivity index is 1.43. The number of hydrogen-bond acceptors (Lipinski definition) is 1. The molecule has 2 aliphatic rings. The van der Waals surface area contributed by atoms with Gasteiger partial charge in [0.2, 0.25) is 5.75 Å². The molecule has 1 nitrogen and oxygen atoms in total. The van der Waals surface area contributed by atoms with Gasteiger partial charge in [0.15, 0.2) is 11.6 Å². The number of halogens is 5. The Morgan fingerprint density at radius 2 is 1.67 bits per heavy atom. The van der Waals surface area contributed by atoms with Crippen molar-refractivity contribution in [1.82, 2.24) is 0 Å². The highest BCUT2D eigenvalue weighted by atomic mass is 19.4. The fraction of sp³-hybridized carbons (Fsp3) is 0.630. The molecule has 0 amide bonds. The molecule has 0 N–H and O–H groups in total. The quantitative estimate of drug-likeness (QED) is 0.291. The van der Waals surface area contributed by atoms with Crippen LogP contribution in [-0.4, -0.2) is 6.36 Å². The van der Waals surface area contributed by atoms with Gasteiger partial charge in [-0.1, -0.05) is 63.6 Å². The van der Waals surface area contributed by atoms with Gasteiger partial charge in [-0.2, -0.15) is 0 Å². The van der Waals surface area contributed by atoms with Crippen LogP contribution in [-0.2, 0) is 0 Å². The maximum Gasteiger partial charge on any atom is 0.573 e. The number of benzene rings is 2. The molecule has 0 saturated heterocycles. The zero-order valence-corrected chi connectivity index (χ0v) is 19.2. The van der Waals surface area contributed by atoms with Gasteiger partial charge in [-0.25, -0.2) is 8.78 Å². The second-order valence-corrected chi connectivity index (χ2v) is 10.1. The maximum absolute atomic E-state index is 14.6. The minimum absolute atomic E-state index is 0.0586. The third-order valence-electron chi connectivity index (χ3n) is 7.89. The van der Waals surface area contributed by atoms with Crippen LogP contribution >= 0.6 is 0 Å². The molecule has 0 spiro atoms. The fourth-order valence-electron chi connectivity index (χ4n) is 6.20. The average molecular weight is 469 g/mol. The van der Waals surface area contributed by atoms with Crippen LogP contribution in [0.25, 0.3) is 10.8 Å². The van der Waals surface area contributed by atoms with Gasteiger partial charge in [-0.3, -0.25) is 0 Å². The second kappa shape index (κ2) is 10.2. The first-order valence-corrected chi connectivity index (χ1v) is 12.4. The van der Waals surface area contributed by atoms with Crippen LogP contribution in [0.2, 0.25) is 0 Å². The number of rotatable bonds is 7. The summed E-state index contributed by atoms with van der Waals surface area (Å²) in [4.78, 5) is 0. The Morgan fingerprint density at radius 3 is 2.42 bits per heavy atom. The molecule has 4 rings (SSSR count). The Labute approximate surface area is 192 Å². The lowest BCUT2D eigenvalue weighted by molar-refractivity contribution is -0.276. The monoisotopic (exact) mass is 468 g/mol. The molecule has 2 aromatic carbocycles. The molecule has 0 heterocycles. The molecule has 2 aliphatic carbocycles. The Bertz CT molecular complexity index is 954. The largest absolute Gasteiger partial charge is 0.573 e. The molecule has 6 heteroatoms. The lowest BCUT2D eigenvalue weighted by Gasteiger charge is -2.42. The van der Waals surface area contributed by atoms with Gasteiger partial charge in [0.1, 0.15) is 0 Å². The van der Waals surface area contributed by atoms with Crippen molar-refractivity contribution in [2.75, 3.05) is 0 Å². The lowest BCUT2D eigenvalue weighted by atomic mass is 9.63. The number of alkyl halides is 3. The number of unbranched alkanes of at least 4 members (excludes halogenated alkanes) is 3. The van der Waals surface area contributed by atoms with E-state index in [1.807, 2.05) is 0 Å². The molecule has 4 atom stereocenters. The van der Waals surface area contributed by atoms with Gasteiger partial charge >= 0.3 is 6.36 Å². The number of ether oxygens (including phenoxy) is 1. The van der Waals surface area contributed by atoms with Crippen LogP contribution in [0.4, 0.5) is 22.0 Å². The predicted molar refractivity (Wildman–Crippen MR) is 120 cm³/mol. The molecule has 2 saturated carbocycles. The Hall–Kier alpha value is -1.85. The summed E-state index contributed by atoms with van der Waals surface area (Å²) in [6.07, 6.45) is 8.70. The SMILES string of the molecule is CCCCCC[C@@H]1CC[C@@H]2CC(c3ccc4c(F)c(OC(F)(F)F)c(F)cc4c3)CCC2C1. The summed E-state index contributed by atoms with van der Waals surface area (Å²) in [5.74, 6) is -1.38. The highest BCUT2D eigenvalue weighted by molar-refractivity contribution is 5.85. The second-order valence-electron chi connectivity index (χ2n) is 10.1. The van der Waals surface area contributed by atoms with Crippen LogP contribution in [0.5, 0.6) is 5.75 Å². The first kappa shape index (κ1) is 24.3. The van der Waals surface area contributed by atoms with Crippen molar-refractivity contribution in [3.05, 3.63) is 41.5 Å². The van der Waals surface area contributed by atoms with Gasteiger partial charge in [-0.15, -0.1) is 13.2 Å². The van der Waals surface area contributed by atoms with E-state index in [9.17, 15) is 22.0 Å². The standard InChI is InChI=1S/C27H33F5O/c1-2-3-4-5-6-17-7-8-19-14-20(10-9-18(19)13-17)21-11-12-23-22(15-21)16-24(28)26(25(23)29)33-27(30,31)32/h11-12,15-20H,2-10,13-14H2,1H3/t17-,18?,19-,20?/m1/s1. The van der Waals surface area contributed by atoms with Crippen molar-refractivity contribution in [2.45, 2.75) is 89.8 Å². The normalized spacial score (nSPS) is 25.8. The van der Waals surface area contributed by atoms with Crippen LogP contribution < -0.4 is 4.74 Å². The van der Waals surface area contributed by atoms with Crippen molar-refractivity contribution in [2.24, 2.45) is 17.8 Å². The summed E-state index contributed by atoms with van der Waals surface area (Å²) >= 11 is 0. The van der Waals surface area contributed by atoms with E-state index in [1.54, 1.807) is 12.1 Å². The van der Waals surface area contributed by atoms with E-state index >= 15 is 0 Å². The van der Waals surface area contributed by atoms with Crippen molar-refractivity contribution < 1.29 is 26.7 Å². The predicted octanol–water partition coefficient (Wildman–Crippen LogP) is 9.29. The first-order chi connectivity index (χ1) is 15.7. The van der Waals surface area contributed by atoms with Crippen molar-refractivity contribution in [3.8, 4) is 5.75 Å². The zero-order chi connectivity index (χ0) is 23.6. The summed E-state index contributed by atoms with van der Waals surface area (Å²) in [7, 11) is 0. The molecule has 33 heavy (non-hydrogen) atoms. The molecular weight excluding hydrogens is 435 g/mol. The highest BCUT2D eigenvalue weighted by Gasteiger charge is 2.37. The number of hydrogen-bond donors (Lipinski definition) is 0. The summed E-state index contributed by atoms with van der Waals surface area (Å²) in [5, 5.41) is 0.214.